The molecule has 2 aromatic heterocycles. The molecule has 0 aliphatic rings. The van der Waals surface area contributed by atoms with Gasteiger partial charge in [-0.15, -0.1) is 0 Å². The van der Waals surface area contributed by atoms with E-state index in [-0.39, 0.29) is 12.5 Å². The molecule has 7 nitrogen and oxygen atoms in total. The van der Waals surface area contributed by atoms with Crippen LogP contribution in [-0.2, 0) is 4.79 Å². The number of pyridine rings is 2. The van der Waals surface area contributed by atoms with Crippen molar-refractivity contribution in [2.75, 3.05) is 6.54 Å². The highest BCUT2D eigenvalue weighted by Gasteiger charge is 2.06. The zero-order chi connectivity index (χ0) is 14.9. The van der Waals surface area contributed by atoms with Crippen molar-refractivity contribution in [2.45, 2.75) is 0 Å². The molecular weight excluding hydrogens is 270 g/mol. The number of hydrogen-bond acceptors (Lipinski definition) is 5. The van der Waals surface area contributed by atoms with Gasteiger partial charge in [0.15, 0.2) is 0 Å². The van der Waals surface area contributed by atoms with E-state index in [0.29, 0.717) is 11.3 Å². The van der Waals surface area contributed by atoms with Crippen LogP contribution in [0.25, 0.3) is 0 Å². The Kier molecular flexibility index (Phi) is 5.11. The van der Waals surface area contributed by atoms with Gasteiger partial charge in [0.05, 0.1) is 24.0 Å². The van der Waals surface area contributed by atoms with Crippen LogP contribution in [0.4, 0.5) is 0 Å². The van der Waals surface area contributed by atoms with Crippen molar-refractivity contribution in [1.82, 2.24) is 20.7 Å². The lowest BCUT2D eigenvalue weighted by atomic mass is 10.3. The van der Waals surface area contributed by atoms with E-state index < -0.39 is 5.91 Å². The van der Waals surface area contributed by atoms with Crippen molar-refractivity contribution < 1.29 is 9.59 Å². The second-order valence-electron chi connectivity index (χ2n) is 3.97. The number of hydrogen-bond donors (Lipinski definition) is 2. The summed E-state index contributed by atoms with van der Waals surface area (Å²) in [4.78, 5) is 31.0. The van der Waals surface area contributed by atoms with Crippen molar-refractivity contribution in [3.8, 4) is 0 Å². The van der Waals surface area contributed by atoms with E-state index in [1.807, 2.05) is 6.07 Å². The Morgan fingerprint density at radius 1 is 1.19 bits per heavy atom. The van der Waals surface area contributed by atoms with Crippen LogP contribution in [0.15, 0.2) is 54.0 Å². The first-order chi connectivity index (χ1) is 10.3. The van der Waals surface area contributed by atoms with Crippen LogP contribution in [0.1, 0.15) is 16.1 Å². The lowest BCUT2D eigenvalue weighted by Gasteiger charge is -2.03. The summed E-state index contributed by atoms with van der Waals surface area (Å²) in [6, 6.07) is 8.60. The summed E-state index contributed by atoms with van der Waals surface area (Å²) < 4.78 is 0. The number of hydrazone groups is 1. The number of rotatable bonds is 5. The van der Waals surface area contributed by atoms with Gasteiger partial charge in [-0.2, -0.15) is 5.10 Å². The molecule has 0 saturated carbocycles. The van der Waals surface area contributed by atoms with Gasteiger partial charge in [-0.3, -0.25) is 19.6 Å². The SMILES string of the molecule is O=C(CNC(=O)c1cccnc1)NN=Cc1ccccn1. The third kappa shape index (κ3) is 4.83. The lowest BCUT2D eigenvalue weighted by molar-refractivity contribution is -0.120. The summed E-state index contributed by atoms with van der Waals surface area (Å²) in [5.74, 6) is -0.800. The van der Waals surface area contributed by atoms with Gasteiger partial charge in [0, 0.05) is 18.6 Å². The molecule has 2 heterocycles. The average molecular weight is 283 g/mol. The molecule has 7 heteroatoms. The first-order valence-electron chi connectivity index (χ1n) is 6.17. The maximum atomic E-state index is 11.7. The first kappa shape index (κ1) is 14.3. The summed E-state index contributed by atoms with van der Waals surface area (Å²) in [6.07, 6.45) is 6.03. The third-order valence-corrected chi connectivity index (χ3v) is 2.41. The Morgan fingerprint density at radius 2 is 2.10 bits per heavy atom. The van der Waals surface area contributed by atoms with Crippen LogP contribution >= 0.6 is 0 Å². The second-order valence-corrected chi connectivity index (χ2v) is 3.97. The highest BCUT2D eigenvalue weighted by atomic mass is 16.2. The van der Waals surface area contributed by atoms with Crippen LogP contribution < -0.4 is 10.7 Å². The van der Waals surface area contributed by atoms with Gasteiger partial charge in [-0.05, 0) is 24.3 Å². The van der Waals surface area contributed by atoms with Crippen molar-refractivity contribution >= 4 is 18.0 Å². The standard InChI is InChI=1S/C14H13N5O2/c20-13(19-18-9-12-5-1-2-7-16-12)10-17-14(21)11-4-3-6-15-8-11/h1-9H,10H2,(H,17,21)(H,19,20). The number of aromatic nitrogens is 2. The third-order valence-electron chi connectivity index (χ3n) is 2.41. The summed E-state index contributed by atoms with van der Waals surface area (Å²) >= 11 is 0. The number of amides is 2. The molecule has 0 fully saturated rings. The Labute approximate surface area is 121 Å². The lowest BCUT2D eigenvalue weighted by Crippen LogP contribution is -2.34. The largest absolute Gasteiger partial charge is 0.343 e. The van der Waals surface area contributed by atoms with Crippen LogP contribution in [0.2, 0.25) is 0 Å². The molecule has 2 N–H and O–H groups in total. The van der Waals surface area contributed by atoms with Crippen LogP contribution in [0.3, 0.4) is 0 Å². The van der Waals surface area contributed by atoms with Gasteiger partial charge < -0.3 is 5.32 Å². The van der Waals surface area contributed by atoms with Crippen molar-refractivity contribution in [2.24, 2.45) is 5.10 Å². The molecular formula is C14H13N5O2. The zero-order valence-electron chi connectivity index (χ0n) is 11.1. The fraction of sp³-hybridized carbons (Fsp3) is 0.0714. The summed E-state index contributed by atoms with van der Waals surface area (Å²) in [7, 11) is 0. The molecule has 0 saturated heterocycles. The van der Waals surface area contributed by atoms with Gasteiger partial charge in [-0.25, -0.2) is 5.43 Å². The minimum absolute atomic E-state index is 0.173. The van der Waals surface area contributed by atoms with E-state index in [0.717, 1.165) is 0 Å². The van der Waals surface area contributed by atoms with Gasteiger partial charge in [0.25, 0.3) is 11.8 Å². The van der Waals surface area contributed by atoms with E-state index in [1.165, 1.54) is 12.4 Å². The highest BCUT2D eigenvalue weighted by molar-refractivity contribution is 5.96. The molecule has 0 radical (unpaired) electrons. The van der Waals surface area contributed by atoms with E-state index >= 15 is 0 Å². The Hall–Kier alpha value is -3.09. The number of carbonyl (C=O) groups is 2. The smallest absolute Gasteiger partial charge is 0.259 e. The number of nitrogens with one attached hydrogen (secondary N) is 2. The fourth-order valence-electron chi connectivity index (χ4n) is 1.42. The van der Waals surface area contributed by atoms with Gasteiger partial charge >= 0.3 is 0 Å². The second kappa shape index (κ2) is 7.49. The molecule has 2 aromatic rings. The van der Waals surface area contributed by atoms with Gasteiger partial charge in [0.1, 0.15) is 0 Å². The first-order valence-corrected chi connectivity index (χ1v) is 6.17. The van der Waals surface area contributed by atoms with E-state index in [4.69, 9.17) is 0 Å². The van der Waals surface area contributed by atoms with Crippen molar-refractivity contribution in [3.63, 3.8) is 0 Å². The summed E-state index contributed by atoms with van der Waals surface area (Å²) in [5.41, 5.74) is 3.31. The summed E-state index contributed by atoms with van der Waals surface area (Å²) in [6.45, 7) is -0.173. The normalized spacial score (nSPS) is 10.3. The van der Waals surface area contributed by atoms with E-state index in [1.54, 1.807) is 36.7 Å². The molecule has 0 atom stereocenters. The average Bonchev–Trinajstić information content (AvgIpc) is 2.54. The molecule has 106 valence electrons. The Morgan fingerprint density at radius 3 is 2.81 bits per heavy atom. The van der Waals surface area contributed by atoms with Gasteiger partial charge in [-0.1, -0.05) is 6.07 Å². The van der Waals surface area contributed by atoms with Gasteiger partial charge in [0.2, 0.25) is 0 Å². The van der Waals surface area contributed by atoms with E-state index in [2.05, 4.69) is 25.8 Å². The zero-order valence-corrected chi connectivity index (χ0v) is 11.1. The molecule has 0 aliphatic carbocycles. The van der Waals surface area contributed by atoms with E-state index in [9.17, 15) is 9.59 Å². The maximum Gasteiger partial charge on any atom is 0.259 e. The molecule has 0 spiro atoms. The topological polar surface area (TPSA) is 96.3 Å². The quantitative estimate of drug-likeness (QED) is 0.611. The Bertz CT molecular complexity index is 628. The molecule has 0 bridgehead atoms. The predicted octanol–water partition coefficient (Wildman–Crippen LogP) is 0.357. The summed E-state index contributed by atoms with van der Waals surface area (Å²) in [5, 5.41) is 6.21. The van der Waals surface area contributed by atoms with Crippen LogP contribution in [0, 0.1) is 0 Å². The molecule has 0 unspecified atom stereocenters. The molecule has 2 rings (SSSR count). The number of carbonyl (C=O) groups excluding carboxylic acids is 2. The molecule has 21 heavy (non-hydrogen) atoms. The monoisotopic (exact) mass is 283 g/mol. The maximum absolute atomic E-state index is 11.7. The highest BCUT2D eigenvalue weighted by Crippen LogP contribution is 1.94. The predicted molar refractivity (Wildman–Crippen MR) is 76.5 cm³/mol. The van der Waals surface area contributed by atoms with Crippen LogP contribution in [0.5, 0.6) is 0 Å². The Balaban J connectivity index is 1.75. The minimum atomic E-state index is -0.431. The molecule has 0 aromatic carbocycles. The minimum Gasteiger partial charge on any atom is -0.343 e. The number of nitrogens with zero attached hydrogens (tertiary/aromatic N) is 3. The fourth-order valence-corrected chi connectivity index (χ4v) is 1.42. The van der Waals surface area contributed by atoms with Crippen molar-refractivity contribution in [1.29, 1.82) is 0 Å². The molecule has 0 aliphatic heterocycles. The molecule has 2 amide bonds. The van der Waals surface area contributed by atoms with Crippen LogP contribution in [-0.4, -0.2) is 34.5 Å². The van der Waals surface area contributed by atoms with Crippen molar-refractivity contribution in [3.05, 3.63) is 60.2 Å².